The van der Waals surface area contributed by atoms with Crippen LogP contribution in [0.3, 0.4) is 0 Å². The third-order valence-corrected chi connectivity index (χ3v) is 6.68. The monoisotopic (exact) mass is 470 g/mol. The van der Waals surface area contributed by atoms with E-state index in [-0.39, 0.29) is 39.8 Å². The standard InChI is InChI=1S/C19H20ClFN4O5S/c20-17-6-3-15(11-18(17)25(27)28)22-19(26)12-24-9-7-14(8-10-24)23-31(29,30)16-4-1-13(21)2-5-16/h1-6,11,14,23H,7-10,12H2,(H,22,26). The van der Waals surface area contributed by atoms with Crippen molar-refractivity contribution in [3.8, 4) is 0 Å². The largest absolute Gasteiger partial charge is 0.325 e. The summed E-state index contributed by atoms with van der Waals surface area (Å²) in [5.74, 6) is -0.860. The first-order valence-corrected chi connectivity index (χ1v) is 11.2. The number of halogens is 2. The fourth-order valence-electron chi connectivity index (χ4n) is 3.24. The Morgan fingerprint density at radius 2 is 1.84 bits per heavy atom. The highest BCUT2D eigenvalue weighted by molar-refractivity contribution is 7.89. The summed E-state index contributed by atoms with van der Waals surface area (Å²) in [6, 6.07) is 8.30. The van der Waals surface area contributed by atoms with Crippen molar-refractivity contribution in [2.24, 2.45) is 0 Å². The predicted molar refractivity (Wildman–Crippen MR) is 113 cm³/mol. The van der Waals surface area contributed by atoms with Crippen LogP contribution in [0.4, 0.5) is 15.8 Å². The highest BCUT2D eigenvalue weighted by Gasteiger charge is 2.25. The van der Waals surface area contributed by atoms with Crippen LogP contribution in [0, 0.1) is 15.9 Å². The molecule has 1 amide bonds. The Labute approximate surface area is 183 Å². The van der Waals surface area contributed by atoms with Gasteiger partial charge in [0.1, 0.15) is 10.8 Å². The number of sulfonamides is 1. The third-order valence-electron chi connectivity index (χ3n) is 4.83. The van der Waals surface area contributed by atoms with Gasteiger partial charge in [0.05, 0.1) is 16.4 Å². The number of carbonyl (C=O) groups excluding carboxylic acids is 1. The first kappa shape index (κ1) is 23.1. The number of hydrogen-bond acceptors (Lipinski definition) is 6. The number of nitro groups is 1. The summed E-state index contributed by atoms with van der Waals surface area (Å²) >= 11 is 5.76. The summed E-state index contributed by atoms with van der Waals surface area (Å²) in [6.45, 7) is 1.05. The first-order chi connectivity index (χ1) is 14.6. The van der Waals surface area contributed by atoms with Crippen LogP contribution in [-0.2, 0) is 14.8 Å². The molecule has 2 N–H and O–H groups in total. The highest BCUT2D eigenvalue weighted by atomic mass is 35.5. The van der Waals surface area contributed by atoms with Crippen LogP contribution in [-0.4, -0.2) is 49.8 Å². The van der Waals surface area contributed by atoms with Gasteiger partial charge in [-0.1, -0.05) is 11.6 Å². The maximum atomic E-state index is 13.0. The van der Waals surface area contributed by atoms with Crippen LogP contribution in [0.15, 0.2) is 47.4 Å². The number of piperidine rings is 1. The maximum absolute atomic E-state index is 13.0. The molecule has 0 aliphatic carbocycles. The number of anilines is 1. The second-order valence-electron chi connectivity index (χ2n) is 7.10. The number of nitrogens with zero attached hydrogens (tertiary/aromatic N) is 2. The van der Waals surface area contributed by atoms with Gasteiger partial charge in [-0.25, -0.2) is 17.5 Å². The van der Waals surface area contributed by atoms with Crippen molar-refractivity contribution in [1.29, 1.82) is 0 Å². The molecular weight excluding hydrogens is 451 g/mol. The minimum atomic E-state index is -3.75. The average molecular weight is 471 g/mol. The minimum Gasteiger partial charge on any atom is -0.325 e. The minimum absolute atomic E-state index is 0.00670. The Kier molecular flexibility index (Phi) is 7.21. The van der Waals surface area contributed by atoms with Gasteiger partial charge < -0.3 is 5.32 Å². The topological polar surface area (TPSA) is 122 Å². The van der Waals surface area contributed by atoms with Gasteiger partial charge in [0.2, 0.25) is 15.9 Å². The van der Waals surface area contributed by atoms with E-state index in [0.29, 0.717) is 25.9 Å². The SMILES string of the molecule is O=C(CN1CCC(NS(=O)(=O)c2ccc(F)cc2)CC1)Nc1ccc(Cl)c([N+](=O)[O-])c1. The Bertz CT molecular complexity index is 1070. The lowest BCUT2D eigenvalue weighted by atomic mass is 10.1. The van der Waals surface area contributed by atoms with Crippen molar-refractivity contribution in [2.45, 2.75) is 23.8 Å². The second kappa shape index (κ2) is 9.69. The van der Waals surface area contributed by atoms with Gasteiger partial charge in [-0.15, -0.1) is 0 Å². The van der Waals surface area contributed by atoms with Gasteiger partial charge in [0.25, 0.3) is 5.69 Å². The molecule has 9 nitrogen and oxygen atoms in total. The molecule has 166 valence electrons. The van der Waals surface area contributed by atoms with E-state index in [9.17, 15) is 27.7 Å². The normalized spacial score (nSPS) is 15.5. The summed E-state index contributed by atoms with van der Waals surface area (Å²) in [6.07, 6.45) is 1.00. The molecule has 1 aliphatic rings. The molecule has 0 spiro atoms. The van der Waals surface area contributed by atoms with Crippen LogP contribution in [0.2, 0.25) is 5.02 Å². The Hall–Kier alpha value is -2.60. The summed E-state index contributed by atoms with van der Waals surface area (Å²) in [5.41, 5.74) is -0.0308. The van der Waals surface area contributed by atoms with E-state index in [2.05, 4.69) is 10.0 Å². The lowest BCUT2D eigenvalue weighted by molar-refractivity contribution is -0.384. The Balaban J connectivity index is 1.50. The molecule has 0 aromatic heterocycles. The fraction of sp³-hybridized carbons (Fsp3) is 0.316. The zero-order chi connectivity index (χ0) is 22.6. The predicted octanol–water partition coefficient (Wildman–Crippen LogP) is 2.77. The quantitative estimate of drug-likeness (QED) is 0.474. The smallest absolute Gasteiger partial charge is 0.289 e. The molecule has 12 heteroatoms. The van der Waals surface area contributed by atoms with Gasteiger partial charge >= 0.3 is 0 Å². The van der Waals surface area contributed by atoms with E-state index >= 15 is 0 Å². The molecule has 1 saturated heterocycles. The number of rotatable bonds is 7. The van der Waals surface area contributed by atoms with Crippen LogP contribution >= 0.6 is 11.6 Å². The van der Waals surface area contributed by atoms with Crippen molar-refractivity contribution in [2.75, 3.05) is 25.0 Å². The van der Waals surface area contributed by atoms with Crippen LogP contribution in [0.25, 0.3) is 0 Å². The molecule has 31 heavy (non-hydrogen) atoms. The van der Waals surface area contributed by atoms with Gasteiger partial charge in [0, 0.05) is 30.9 Å². The summed E-state index contributed by atoms with van der Waals surface area (Å²) in [4.78, 5) is 24.4. The summed E-state index contributed by atoms with van der Waals surface area (Å²) in [7, 11) is -3.75. The molecule has 2 aromatic carbocycles. The Morgan fingerprint density at radius 3 is 2.45 bits per heavy atom. The van der Waals surface area contributed by atoms with Gasteiger partial charge in [-0.2, -0.15) is 0 Å². The third kappa shape index (κ3) is 6.20. The summed E-state index contributed by atoms with van der Waals surface area (Å²) in [5, 5.41) is 13.5. The zero-order valence-corrected chi connectivity index (χ0v) is 17.8. The molecule has 1 aliphatic heterocycles. The lowest BCUT2D eigenvalue weighted by Crippen LogP contribution is -2.46. The van der Waals surface area contributed by atoms with Crippen molar-refractivity contribution in [3.05, 3.63) is 63.4 Å². The van der Waals surface area contributed by atoms with E-state index in [4.69, 9.17) is 11.6 Å². The van der Waals surface area contributed by atoms with Crippen molar-refractivity contribution < 1.29 is 22.5 Å². The highest BCUT2D eigenvalue weighted by Crippen LogP contribution is 2.27. The van der Waals surface area contributed by atoms with Crippen LogP contribution < -0.4 is 10.0 Å². The molecule has 0 radical (unpaired) electrons. The van der Waals surface area contributed by atoms with Crippen molar-refractivity contribution in [1.82, 2.24) is 9.62 Å². The fourth-order valence-corrected chi connectivity index (χ4v) is 4.74. The molecule has 2 aromatic rings. The molecule has 1 fully saturated rings. The van der Waals surface area contributed by atoms with E-state index in [1.54, 1.807) is 0 Å². The van der Waals surface area contributed by atoms with Gasteiger partial charge in [0.15, 0.2) is 0 Å². The zero-order valence-electron chi connectivity index (χ0n) is 16.3. The average Bonchev–Trinajstić information content (AvgIpc) is 2.71. The number of nitrogens with one attached hydrogen (secondary N) is 2. The lowest BCUT2D eigenvalue weighted by Gasteiger charge is -2.31. The number of likely N-dealkylation sites (tertiary alicyclic amines) is 1. The van der Waals surface area contributed by atoms with Crippen LogP contribution in [0.5, 0.6) is 0 Å². The number of nitro benzene ring substituents is 1. The van der Waals surface area contributed by atoms with E-state index in [0.717, 1.165) is 12.1 Å². The molecule has 0 atom stereocenters. The second-order valence-corrected chi connectivity index (χ2v) is 9.22. The van der Waals surface area contributed by atoms with Crippen molar-refractivity contribution in [3.63, 3.8) is 0 Å². The maximum Gasteiger partial charge on any atom is 0.289 e. The van der Waals surface area contributed by atoms with Gasteiger partial charge in [-0.05, 0) is 49.2 Å². The summed E-state index contributed by atoms with van der Waals surface area (Å²) < 4.78 is 40.4. The number of amides is 1. The van der Waals surface area contributed by atoms with E-state index in [1.165, 1.54) is 30.3 Å². The molecule has 0 saturated carbocycles. The van der Waals surface area contributed by atoms with Gasteiger partial charge in [-0.3, -0.25) is 19.8 Å². The first-order valence-electron chi connectivity index (χ1n) is 9.38. The Morgan fingerprint density at radius 1 is 1.19 bits per heavy atom. The molecule has 0 unspecified atom stereocenters. The molecule has 1 heterocycles. The van der Waals surface area contributed by atoms with Crippen molar-refractivity contribution >= 4 is 38.9 Å². The number of carbonyl (C=O) groups is 1. The molecule has 3 rings (SSSR count). The van der Waals surface area contributed by atoms with E-state index < -0.39 is 20.8 Å². The van der Waals surface area contributed by atoms with E-state index in [1.807, 2.05) is 4.90 Å². The number of benzene rings is 2. The number of hydrogen-bond donors (Lipinski definition) is 2. The van der Waals surface area contributed by atoms with Crippen LogP contribution in [0.1, 0.15) is 12.8 Å². The molecular formula is C19H20ClFN4O5S. The molecule has 0 bridgehead atoms.